The largest absolute Gasteiger partial charge is 0.453 e. The summed E-state index contributed by atoms with van der Waals surface area (Å²) in [5.74, 6) is 0.0589. The maximum atomic E-state index is 13.2. The Morgan fingerprint density at radius 3 is 2.50 bits per heavy atom. The van der Waals surface area contributed by atoms with Crippen molar-refractivity contribution in [3.8, 4) is 0 Å². The van der Waals surface area contributed by atoms with E-state index in [0.29, 0.717) is 12.1 Å². The zero-order valence-corrected chi connectivity index (χ0v) is 17.3. The van der Waals surface area contributed by atoms with Gasteiger partial charge in [-0.25, -0.2) is 4.79 Å². The zero-order valence-electron chi connectivity index (χ0n) is 16.5. The number of anilines is 3. The zero-order chi connectivity index (χ0) is 20.1. The lowest BCUT2D eigenvalue weighted by Gasteiger charge is -2.31. The molecule has 2 aromatic rings. The third-order valence-electron chi connectivity index (χ3n) is 4.90. The van der Waals surface area contributed by atoms with Crippen LogP contribution >= 0.6 is 11.8 Å². The first kappa shape index (κ1) is 20.2. The molecule has 0 spiro atoms. The molecule has 6 nitrogen and oxygen atoms in total. The van der Waals surface area contributed by atoms with E-state index in [-0.39, 0.29) is 5.91 Å². The summed E-state index contributed by atoms with van der Waals surface area (Å²) in [6, 6.07) is 13.5. The van der Waals surface area contributed by atoms with Gasteiger partial charge in [0.05, 0.1) is 44.5 Å². The number of hydrogen-bond acceptors (Lipinski definition) is 4. The van der Waals surface area contributed by atoms with E-state index in [9.17, 15) is 9.59 Å². The number of rotatable bonds is 6. The van der Waals surface area contributed by atoms with Crippen LogP contribution in [0.3, 0.4) is 0 Å². The van der Waals surface area contributed by atoms with E-state index in [1.165, 1.54) is 12.0 Å². The van der Waals surface area contributed by atoms with Gasteiger partial charge in [-0.2, -0.15) is 0 Å². The van der Waals surface area contributed by atoms with Crippen LogP contribution in [-0.2, 0) is 9.53 Å². The van der Waals surface area contributed by atoms with E-state index < -0.39 is 6.09 Å². The van der Waals surface area contributed by atoms with Gasteiger partial charge in [-0.15, -0.1) is 0 Å². The highest BCUT2D eigenvalue weighted by Gasteiger charge is 2.29. The highest BCUT2D eigenvalue weighted by Crippen LogP contribution is 2.49. The number of hydrogen-bond donors (Lipinski definition) is 2. The number of fused-ring (bicyclic) bond motifs is 2. The van der Waals surface area contributed by atoms with E-state index in [1.807, 2.05) is 42.5 Å². The Kier molecular flexibility index (Phi) is 6.59. The Balaban J connectivity index is 1.94. The molecule has 0 fully saturated rings. The van der Waals surface area contributed by atoms with Gasteiger partial charge < -0.3 is 9.64 Å². The standard InChI is InChI=1S/C21H25N3O3S/c1-4-23(5-2)13-12-20(25)24-16-8-6-7-9-18(16)28-19-11-10-15(14-17(19)24)22-21(26)27-3/h6-11,14H,4-5,12-13H2,1-3H3,(H,22,26)/p+1. The second kappa shape index (κ2) is 9.12. The third-order valence-corrected chi connectivity index (χ3v) is 6.03. The number of methoxy groups -OCH3 is 1. The van der Waals surface area contributed by atoms with Crippen LogP contribution in [-0.4, -0.2) is 38.7 Å². The Labute approximate surface area is 169 Å². The summed E-state index contributed by atoms with van der Waals surface area (Å²) in [5.41, 5.74) is 2.27. The molecule has 148 valence electrons. The molecule has 2 amide bonds. The van der Waals surface area contributed by atoms with Crippen molar-refractivity contribution in [3.05, 3.63) is 42.5 Å². The van der Waals surface area contributed by atoms with E-state index in [1.54, 1.807) is 16.7 Å². The number of nitrogens with zero attached hydrogens (tertiary/aromatic N) is 1. The lowest BCUT2D eigenvalue weighted by atomic mass is 10.2. The summed E-state index contributed by atoms with van der Waals surface area (Å²) < 4.78 is 4.68. The summed E-state index contributed by atoms with van der Waals surface area (Å²) >= 11 is 1.63. The normalized spacial score (nSPS) is 12.4. The number of quaternary nitrogens is 1. The number of amides is 2. The molecule has 3 rings (SSSR count). The molecular weight excluding hydrogens is 374 g/mol. The molecule has 2 N–H and O–H groups in total. The maximum absolute atomic E-state index is 13.2. The Morgan fingerprint density at radius 1 is 1.07 bits per heavy atom. The molecule has 28 heavy (non-hydrogen) atoms. The number of carbonyl (C=O) groups excluding carboxylic acids is 2. The first-order valence-electron chi connectivity index (χ1n) is 9.49. The fourth-order valence-electron chi connectivity index (χ4n) is 3.27. The minimum atomic E-state index is -0.535. The van der Waals surface area contributed by atoms with Gasteiger partial charge in [0.1, 0.15) is 0 Å². The van der Waals surface area contributed by atoms with Gasteiger partial charge in [-0.05, 0) is 44.2 Å². The Bertz CT molecular complexity index is 868. The number of nitrogens with one attached hydrogen (secondary N) is 2. The van der Waals surface area contributed by atoms with E-state index in [4.69, 9.17) is 0 Å². The maximum Gasteiger partial charge on any atom is 0.411 e. The van der Waals surface area contributed by atoms with Crippen LogP contribution in [0.1, 0.15) is 20.3 Å². The molecule has 0 aliphatic carbocycles. The smallest absolute Gasteiger partial charge is 0.411 e. The van der Waals surface area contributed by atoms with Gasteiger partial charge in [0, 0.05) is 15.5 Å². The van der Waals surface area contributed by atoms with Crippen molar-refractivity contribution in [2.75, 3.05) is 37.0 Å². The first-order valence-corrected chi connectivity index (χ1v) is 10.3. The summed E-state index contributed by atoms with van der Waals surface area (Å²) in [6.07, 6.45) is -0.0729. The minimum absolute atomic E-state index is 0.0589. The van der Waals surface area contributed by atoms with Gasteiger partial charge in [-0.3, -0.25) is 15.0 Å². The first-order chi connectivity index (χ1) is 13.6. The molecule has 0 bridgehead atoms. The topological polar surface area (TPSA) is 63.1 Å². The molecule has 1 aliphatic heterocycles. The van der Waals surface area contributed by atoms with E-state index in [0.717, 1.165) is 40.8 Å². The number of carbonyl (C=O) groups is 2. The summed E-state index contributed by atoms with van der Waals surface area (Å²) in [6.45, 7) is 7.07. The minimum Gasteiger partial charge on any atom is -0.453 e. The Hall–Kier alpha value is -2.51. The summed E-state index contributed by atoms with van der Waals surface area (Å²) in [4.78, 5) is 30.0. The lowest BCUT2D eigenvalue weighted by molar-refractivity contribution is -0.895. The van der Waals surface area contributed by atoms with Gasteiger partial charge in [0.15, 0.2) is 0 Å². The second-order valence-corrected chi connectivity index (χ2v) is 7.64. The fourth-order valence-corrected chi connectivity index (χ4v) is 4.31. The summed E-state index contributed by atoms with van der Waals surface area (Å²) in [5, 5.41) is 2.68. The third kappa shape index (κ3) is 4.31. The van der Waals surface area contributed by atoms with Crippen LogP contribution in [0.15, 0.2) is 52.3 Å². The van der Waals surface area contributed by atoms with Crippen molar-refractivity contribution in [1.29, 1.82) is 0 Å². The van der Waals surface area contributed by atoms with Crippen molar-refractivity contribution in [2.45, 2.75) is 30.1 Å². The predicted molar refractivity (Wildman–Crippen MR) is 112 cm³/mol. The highest BCUT2D eigenvalue weighted by atomic mass is 32.2. The van der Waals surface area contributed by atoms with Crippen molar-refractivity contribution in [3.63, 3.8) is 0 Å². The second-order valence-electron chi connectivity index (χ2n) is 6.56. The average molecular weight is 401 g/mol. The fraction of sp³-hybridized carbons (Fsp3) is 0.333. The molecule has 0 radical (unpaired) electrons. The average Bonchev–Trinajstić information content (AvgIpc) is 2.72. The van der Waals surface area contributed by atoms with Gasteiger partial charge >= 0.3 is 6.09 Å². The molecule has 0 atom stereocenters. The van der Waals surface area contributed by atoms with Gasteiger partial charge in [0.2, 0.25) is 5.91 Å². The molecule has 1 aliphatic rings. The SMILES string of the molecule is CC[NH+](CC)CCC(=O)N1c2ccccc2Sc2ccc(NC(=O)OC)cc21. The summed E-state index contributed by atoms with van der Waals surface area (Å²) in [7, 11) is 1.32. The molecule has 0 aromatic heterocycles. The predicted octanol–water partition coefficient (Wildman–Crippen LogP) is 3.31. The van der Waals surface area contributed by atoms with Crippen LogP contribution in [0, 0.1) is 0 Å². The van der Waals surface area contributed by atoms with Crippen molar-refractivity contribution in [1.82, 2.24) is 0 Å². The van der Waals surface area contributed by atoms with Gasteiger partial charge in [-0.1, -0.05) is 23.9 Å². The quantitative estimate of drug-likeness (QED) is 0.781. The molecule has 1 heterocycles. The van der Waals surface area contributed by atoms with Gasteiger partial charge in [0.25, 0.3) is 0 Å². The lowest BCUT2D eigenvalue weighted by Crippen LogP contribution is -3.11. The molecule has 2 aromatic carbocycles. The van der Waals surface area contributed by atoms with E-state index >= 15 is 0 Å². The molecule has 0 saturated carbocycles. The van der Waals surface area contributed by atoms with Crippen LogP contribution < -0.4 is 15.1 Å². The molecular formula is C21H26N3O3S+. The van der Waals surface area contributed by atoms with Crippen molar-refractivity contribution in [2.24, 2.45) is 0 Å². The van der Waals surface area contributed by atoms with Crippen LogP contribution in [0.4, 0.5) is 21.9 Å². The van der Waals surface area contributed by atoms with Crippen LogP contribution in [0.25, 0.3) is 0 Å². The molecule has 0 unspecified atom stereocenters. The highest BCUT2D eigenvalue weighted by molar-refractivity contribution is 7.99. The van der Waals surface area contributed by atoms with Crippen LogP contribution in [0.2, 0.25) is 0 Å². The number of para-hydroxylation sites is 1. The number of benzene rings is 2. The monoisotopic (exact) mass is 400 g/mol. The molecule has 0 saturated heterocycles. The Morgan fingerprint density at radius 2 is 1.79 bits per heavy atom. The van der Waals surface area contributed by atoms with E-state index in [2.05, 4.69) is 23.9 Å². The van der Waals surface area contributed by atoms with Crippen molar-refractivity contribution < 1.29 is 19.2 Å². The van der Waals surface area contributed by atoms with Crippen molar-refractivity contribution >= 4 is 40.8 Å². The van der Waals surface area contributed by atoms with Crippen LogP contribution in [0.5, 0.6) is 0 Å². The molecule has 7 heteroatoms. The number of ether oxygens (including phenoxy) is 1.